The standard InChI is InChI=1S/C12H15BrF3NOS/c1-8(19(2)18)5-6-17-11-7-9(13)3-4-10(11)12(14,15)16/h3-4,7-8,17H,5-6H2,1-2H3. The fourth-order valence-electron chi connectivity index (χ4n) is 1.49. The van der Waals surface area contributed by atoms with Crippen LogP contribution in [0.25, 0.3) is 0 Å². The second-order valence-corrected chi connectivity index (χ2v) is 6.93. The van der Waals surface area contributed by atoms with E-state index in [2.05, 4.69) is 21.2 Å². The van der Waals surface area contributed by atoms with Crippen LogP contribution in [0.4, 0.5) is 18.9 Å². The van der Waals surface area contributed by atoms with Crippen molar-refractivity contribution >= 4 is 32.4 Å². The molecule has 2 unspecified atom stereocenters. The largest absolute Gasteiger partial charge is 0.418 e. The third kappa shape index (κ3) is 5.14. The van der Waals surface area contributed by atoms with Gasteiger partial charge < -0.3 is 5.32 Å². The van der Waals surface area contributed by atoms with E-state index in [0.29, 0.717) is 17.4 Å². The summed E-state index contributed by atoms with van der Waals surface area (Å²) in [7, 11) is -0.967. The zero-order chi connectivity index (χ0) is 14.6. The molecule has 19 heavy (non-hydrogen) atoms. The Kier molecular flexibility index (Phi) is 5.85. The molecule has 0 radical (unpaired) electrons. The van der Waals surface area contributed by atoms with Gasteiger partial charge in [-0.15, -0.1) is 0 Å². The first-order valence-corrected chi connectivity index (χ1v) is 8.06. The Morgan fingerprint density at radius 2 is 2.05 bits per heavy atom. The van der Waals surface area contributed by atoms with E-state index in [1.807, 2.05) is 6.92 Å². The SMILES string of the molecule is CC(CCNc1cc(Br)ccc1C(F)(F)F)S(C)=O. The predicted octanol–water partition coefficient (Wildman–Crippen LogP) is 4.04. The van der Waals surface area contributed by atoms with E-state index in [4.69, 9.17) is 0 Å². The molecule has 1 aromatic rings. The number of hydrogen-bond donors (Lipinski definition) is 1. The van der Waals surface area contributed by atoms with Crippen LogP contribution in [0.1, 0.15) is 18.9 Å². The Balaban J connectivity index is 2.77. The van der Waals surface area contributed by atoms with Gasteiger partial charge in [-0.05, 0) is 24.6 Å². The minimum atomic E-state index is -4.39. The lowest BCUT2D eigenvalue weighted by Gasteiger charge is -2.16. The second kappa shape index (κ2) is 6.74. The first-order valence-electron chi connectivity index (χ1n) is 5.64. The summed E-state index contributed by atoms with van der Waals surface area (Å²) in [6.45, 7) is 2.16. The van der Waals surface area contributed by atoms with Crippen LogP contribution in [0.3, 0.4) is 0 Å². The third-order valence-corrected chi connectivity index (χ3v) is 4.58. The fraction of sp³-hybridized carbons (Fsp3) is 0.500. The van der Waals surface area contributed by atoms with E-state index in [1.165, 1.54) is 12.1 Å². The summed E-state index contributed by atoms with van der Waals surface area (Å²) in [4.78, 5) is 0. The fourth-order valence-corrected chi connectivity index (χ4v) is 2.30. The van der Waals surface area contributed by atoms with Gasteiger partial charge in [0.2, 0.25) is 0 Å². The summed E-state index contributed by atoms with van der Waals surface area (Å²) in [5.74, 6) is 0. The monoisotopic (exact) mass is 357 g/mol. The molecule has 108 valence electrons. The van der Waals surface area contributed by atoms with E-state index in [1.54, 1.807) is 6.26 Å². The molecule has 0 fully saturated rings. The smallest absolute Gasteiger partial charge is 0.384 e. The molecule has 0 aromatic heterocycles. The van der Waals surface area contributed by atoms with Crippen molar-refractivity contribution in [2.45, 2.75) is 24.8 Å². The maximum Gasteiger partial charge on any atom is 0.418 e. The van der Waals surface area contributed by atoms with Gasteiger partial charge in [-0.1, -0.05) is 22.9 Å². The lowest BCUT2D eigenvalue weighted by molar-refractivity contribution is -0.137. The van der Waals surface area contributed by atoms with E-state index >= 15 is 0 Å². The zero-order valence-electron chi connectivity index (χ0n) is 10.6. The molecule has 1 N–H and O–H groups in total. The lowest BCUT2D eigenvalue weighted by atomic mass is 10.1. The molecule has 0 aliphatic carbocycles. The highest BCUT2D eigenvalue weighted by atomic mass is 79.9. The van der Waals surface area contributed by atoms with Crippen LogP contribution in [0.2, 0.25) is 0 Å². The molecule has 0 aliphatic heterocycles. The predicted molar refractivity (Wildman–Crippen MR) is 75.8 cm³/mol. The van der Waals surface area contributed by atoms with E-state index in [9.17, 15) is 17.4 Å². The van der Waals surface area contributed by atoms with Gasteiger partial charge in [0.1, 0.15) is 0 Å². The van der Waals surface area contributed by atoms with Crippen molar-refractivity contribution in [3.05, 3.63) is 28.2 Å². The highest BCUT2D eigenvalue weighted by molar-refractivity contribution is 9.10. The van der Waals surface area contributed by atoms with Gasteiger partial charge in [-0.3, -0.25) is 4.21 Å². The van der Waals surface area contributed by atoms with Crippen molar-refractivity contribution in [1.82, 2.24) is 0 Å². The summed E-state index contributed by atoms with van der Waals surface area (Å²) < 4.78 is 50.1. The molecule has 0 bridgehead atoms. The minimum absolute atomic E-state index is 0.0379. The van der Waals surface area contributed by atoms with Crippen molar-refractivity contribution < 1.29 is 17.4 Å². The number of halogens is 4. The van der Waals surface area contributed by atoms with Crippen LogP contribution in [0.15, 0.2) is 22.7 Å². The molecule has 1 rings (SSSR count). The average Bonchev–Trinajstić information content (AvgIpc) is 2.27. The molecule has 0 heterocycles. The highest BCUT2D eigenvalue weighted by Gasteiger charge is 2.33. The minimum Gasteiger partial charge on any atom is -0.384 e. The van der Waals surface area contributed by atoms with E-state index < -0.39 is 22.5 Å². The van der Waals surface area contributed by atoms with Crippen LogP contribution in [0, 0.1) is 0 Å². The van der Waals surface area contributed by atoms with Gasteiger partial charge in [-0.2, -0.15) is 13.2 Å². The first kappa shape index (κ1) is 16.5. The Morgan fingerprint density at radius 3 is 2.58 bits per heavy atom. The molecule has 0 aliphatic rings. The van der Waals surface area contributed by atoms with Crippen molar-refractivity contribution in [1.29, 1.82) is 0 Å². The number of alkyl halides is 3. The summed E-state index contributed by atoms with van der Waals surface area (Å²) in [5.41, 5.74) is -0.656. The van der Waals surface area contributed by atoms with E-state index in [0.717, 1.165) is 6.07 Å². The van der Waals surface area contributed by atoms with Crippen LogP contribution >= 0.6 is 15.9 Å². The normalized spacial score (nSPS) is 15.1. The average molecular weight is 358 g/mol. The Morgan fingerprint density at radius 1 is 1.42 bits per heavy atom. The van der Waals surface area contributed by atoms with E-state index in [-0.39, 0.29) is 10.9 Å². The Labute approximate surface area is 121 Å². The number of rotatable bonds is 5. The van der Waals surface area contributed by atoms with Crippen LogP contribution in [-0.4, -0.2) is 22.3 Å². The molecule has 0 amide bonds. The number of nitrogens with one attached hydrogen (secondary N) is 1. The molecular formula is C12H15BrF3NOS. The molecule has 0 saturated heterocycles. The molecule has 0 saturated carbocycles. The van der Waals surface area contributed by atoms with Gasteiger partial charge in [0, 0.05) is 39.0 Å². The molecule has 2 atom stereocenters. The van der Waals surface area contributed by atoms with Crippen LogP contribution < -0.4 is 5.32 Å². The summed E-state index contributed by atoms with van der Waals surface area (Å²) in [6.07, 6.45) is -2.25. The van der Waals surface area contributed by atoms with Gasteiger partial charge >= 0.3 is 6.18 Å². The Bertz CT molecular complexity index is 465. The molecule has 2 nitrogen and oxygen atoms in total. The Hall–Kier alpha value is -0.560. The summed E-state index contributed by atoms with van der Waals surface area (Å²) in [6, 6.07) is 3.79. The molecule has 0 spiro atoms. The number of benzene rings is 1. The topological polar surface area (TPSA) is 29.1 Å². The van der Waals surface area contributed by atoms with Crippen molar-refractivity contribution in [3.8, 4) is 0 Å². The van der Waals surface area contributed by atoms with Gasteiger partial charge in [0.15, 0.2) is 0 Å². The number of hydrogen-bond acceptors (Lipinski definition) is 2. The van der Waals surface area contributed by atoms with Crippen molar-refractivity contribution in [2.24, 2.45) is 0 Å². The zero-order valence-corrected chi connectivity index (χ0v) is 13.0. The van der Waals surface area contributed by atoms with Gasteiger partial charge in [0.05, 0.1) is 5.56 Å². The number of anilines is 1. The quantitative estimate of drug-likeness (QED) is 0.861. The molecule has 1 aromatic carbocycles. The third-order valence-electron chi connectivity index (χ3n) is 2.72. The highest BCUT2D eigenvalue weighted by Crippen LogP contribution is 2.36. The lowest BCUT2D eigenvalue weighted by Crippen LogP contribution is -2.17. The van der Waals surface area contributed by atoms with Gasteiger partial charge in [-0.25, -0.2) is 0 Å². The maximum atomic E-state index is 12.8. The second-order valence-electron chi connectivity index (χ2n) is 4.21. The first-order chi connectivity index (χ1) is 8.71. The molecular weight excluding hydrogens is 343 g/mol. The van der Waals surface area contributed by atoms with Crippen molar-refractivity contribution in [3.63, 3.8) is 0 Å². The maximum absolute atomic E-state index is 12.8. The summed E-state index contributed by atoms with van der Waals surface area (Å²) >= 11 is 3.15. The van der Waals surface area contributed by atoms with Crippen molar-refractivity contribution in [2.75, 3.05) is 18.1 Å². The van der Waals surface area contributed by atoms with Gasteiger partial charge in [0.25, 0.3) is 0 Å². The molecule has 7 heteroatoms. The van der Waals surface area contributed by atoms with Crippen LogP contribution in [-0.2, 0) is 17.0 Å². The summed E-state index contributed by atoms with van der Waals surface area (Å²) in [5, 5.41) is 2.71. The van der Waals surface area contributed by atoms with Crippen LogP contribution in [0.5, 0.6) is 0 Å².